The van der Waals surface area contributed by atoms with Gasteiger partial charge in [0.05, 0.1) is 18.8 Å². The van der Waals surface area contributed by atoms with Crippen molar-refractivity contribution in [2.75, 3.05) is 5.75 Å². The van der Waals surface area contributed by atoms with Crippen LogP contribution >= 0.6 is 11.8 Å². The highest BCUT2D eigenvalue weighted by molar-refractivity contribution is 7.99. The van der Waals surface area contributed by atoms with Gasteiger partial charge in [-0.2, -0.15) is 4.73 Å². The van der Waals surface area contributed by atoms with Gasteiger partial charge in [0.15, 0.2) is 12.5 Å². The van der Waals surface area contributed by atoms with E-state index in [0.29, 0.717) is 36.6 Å². The van der Waals surface area contributed by atoms with Gasteiger partial charge in [-0.15, -0.1) is 0 Å². The maximum atomic E-state index is 12.4. The fourth-order valence-corrected chi connectivity index (χ4v) is 6.65. The van der Waals surface area contributed by atoms with Crippen LogP contribution in [0.1, 0.15) is 79.6 Å². The molecule has 1 saturated heterocycles. The molecule has 0 spiro atoms. The molecular weight excluding hydrogens is 642 g/mol. The van der Waals surface area contributed by atoms with E-state index >= 15 is 0 Å². The maximum Gasteiger partial charge on any atom is 0.251 e. The Bertz CT molecular complexity index is 1670. The SMILES string of the molecule is O=C(CCCCCCC(=O)NCc1cccc(-c2cccc([C@@H]3O[C@H](CSc4cccc[n+]4[O-])C[C@H](c4ccc(CO)cc4)O3)c2)c1)NO. The first kappa shape index (κ1) is 36.0. The number of amides is 2. The highest BCUT2D eigenvalue weighted by atomic mass is 32.2. The minimum Gasteiger partial charge on any atom is -0.618 e. The van der Waals surface area contributed by atoms with Crippen LogP contribution in [-0.2, 0) is 32.2 Å². The summed E-state index contributed by atoms with van der Waals surface area (Å²) < 4.78 is 13.9. The molecule has 3 atom stereocenters. The fraction of sp³-hybridized carbons (Fsp3) is 0.342. The lowest BCUT2D eigenvalue weighted by Gasteiger charge is -2.36. The fourth-order valence-electron chi connectivity index (χ4n) is 5.72. The van der Waals surface area contributed by atoms with E-state index in [1.165, 1.54) is 18.0 Å². The third-order valence-electron chi connectivity index (χ3n) is 8.41. The van der Waals surface area contributed by atoms with Crippen LogP contribution in [0.15, 0.2) is 102 Å². The molecule has 1 aliphatic heterocycles. The van der Waals surface area contributed by atoms with Crippen LogP contribution < -0.4 is 15.5 Å². The highest BCUT2D eigenvalue weighted by Gasteiger charge is 2.33. The Morgan fingerprint density at radius 2 is 1.55 bits per heavy atom. The Kier molecular flexibility index (Phi) is 13.6. The number of hydrogen-bond acceptors (Lipinski definition) is 8. The number of pyridine rings is 1. The zero-order valence-electron chi connectivity index (χ0n) is 27.3. The smallest absolute Gasteiger partial charge is 0.251 e. The number of aromatic nitrogens is 1. The summed E-state index contributed by atoms with van der Waals surface area (Å²) >= 11 is 1.46. The molecule has 4 aromatic rings. The summed E-state index contributed by atoms with van der Waals surface area (Å²) in [5, 5.41) is 34.0. The van der Waals surface area contributed by atoms with E-state index in [0.717, 1.165) is 57.4 Å². The van der Waals surface area contributed by atoms with E-state index in [-0.39, 0.29) is 37.0 Å². The van der Waals surface area contributed by atoms with Crippen molar-refractivity contribution in [3.05, 3.63) is 125 Å². The Morgan fingerprint density at radius 1 is 0.816 bits per heavy atom. The molecular formula is C38H43N3O7S. The molecule has 4 N–H and O–H groups in total. The van der Waals surface area contributed by atoms with Crippen LogP contribution in [0.5, 0.6) is 0 Å². The first-order valence-corrected chi connectivity index (χ1v) is 17.6. The minimum atomic E-state index is -0.633. The summed E-state index contributed by atoms with van der Waals surface area (Å²) in [6, 6.07) is 29.3. The van der Waals surface area contributed by atoms with Crippen LogP contribution in [0.25, 0.3) is 11.1 Å². The Morgan fingerprint density at radius 3 is 2.29 bits per heavy atom. The summed E-state index contributed by atoms with van der Waals surface area (Å²) in [6.45, 7) is 0.388. The zero-order chi connectivity index (χ0) is 34.4. The molecule has 1 aliphatic rings. The van der Waals surface area contributed by atoms with Crippen LogP contribution in [0.4, 0.5) is 0 Å². The van der Waals surface area contributed by atoms with Crippen molar-refractivity contribution in [1.82, 2.24) is 10.8 Å². The summed E-state index contributed by atoms with van der Waals surface area (Å²) in [5.74, 6) is 0.173. The third-order valence-corrected chi connectivity index (χ3v) is 9.56. The average molecular weight is 686 g/mol. The number of nitrogens with one attached hydrogen (secondary N) is 2. The van der Waals surface area contributed by atoms with Crippen molar-refractivity contribution < 1.29 is 34.1 Å². The maximum absolute atomic E-state index is 12.4. The molecule has 0 radical (unpaired) electrons. The number of aliphatic hydroxyl groups is 1. The molecule has 3 aromatic carbocycles. The Hall–Kier alpha value is -4.26. The summed E-state index contributed by atoms with van der Waals surface area (Å²) in [6.07, 6.45) is 4.83. The standard InChI is InChI=1S/C38H43N3O7S/c42-25-27-16-18-29(19-17-27)34-23-33(26-49-37-15-5-6-20-41(37)46)47-38(48-34)32-12-8-11-31(22-32)30-10-7-9-28(21-30)24-39-35(43)13-3-1-2-4-14-36(44)40-45/h5-12,15-22,33-34,38,42,45H,1-4,13-14,23-26H2,(H,39,43)(H,40,44)/t33-,34+,38+/m0/s1. The normalized spacial score (nSPS) is 17.4. The van der Waals surface area contributed by atoms with E-state index in [1.54, 1.807) is 17.6 Å². The van der Waals surface area contributed by atoms with E-state index in [9.17, 15) is 19.9 Å². The Balaban J connectivity index is 1.22. The number of thioether (sulfide) groups is 1. The van der Waals surface area contributed by atoms with Crippen molar-refractivity contribution in [1.29, 1.82) is 0 Å². The second kappa shape index (κ2) is 18.5. The molecule has 11 heteroatoms. The summed E-state index contributed by atoms with van der Waals surface area (Å²) in [7, 11) is 0. The number of aliphatic hydroxyl groups excluding tert-OH is 1. The first-order valence-electron chi connectivity index (χ1n) is 16.6. The van der Waals surface area contributed by atoms with Gasteiger partial charge in [-0.05, 0) is 58.9 Å². The van der Waals surface area contributed by atoms with Gasteiger partial charge in [0, 0.05) is 49.3 Å². The summed E-state index contributed by atoms with van der Waals surface area (Å²) in [4.78, 5) is 23.5. The molecule has 10 nitrogen and oxygen atoms in total. The average Bonchev–Trinajstić information content (AvgIpc) is 3.15. The number of carbonyl (C=O) groups excluding carboxylic acids is 2. The van der Waals surface area contributed by atoms with Gasteiger partial charge < -0.3 is 25.1 Å². The van der Waals surface area contributed by atoms with Crippen molar-refractivity contribution >= 4 is 23.6 Å². The number of nitrogens with zero attached hydrogens (tertiary/aromatic N) is 1. The number of hydroxylamine groups is 1. The molecule has 0 aliphatic carbocycles. The topological polar surface area (TPSA) is 144 Å². The monoisotopic (exact) mass is 685 g/mol. The second-order valence-corrected chi connectivity index (χ2v) is 13.1. The van der Waals surface area contributed by atoms with E-state index in [1.807, 2.05) is 66.7 Å². The number of rotatable bonds is 16. The third kappa shape index (κ3) is 10.9. The predicted molar refractivity (Wildman–Crippen MR) is 186 cm³/mol. The van der Waals surface area contributed by atoms with Gasteiger partial charge in [-0.25, -0.2) is 5.48 Å². The van der Waals surface area contributed by atoms with Crippen LogP contribution in [0.2, 0.25) is 0 Å². The van der Waals surface area contributed by atoms with Gasteiger partial charge in [0.1, 0.15) is 0 Å². The van der Waals surface area contributed by atoms with Gasteiger partial charge in [0.25, 0.3) is 5.03 Å². The molecule has 258 valence electrons. The zero-order valence-corrected chi connectivity index (χ0v) is 28.1. The predicted octanol–water partition coefficient (Wildman–Crippen LogP) is 6.28. The molecule has 0 bridgehead atoms. The molecule has 5 rings (SSSR count). The number of ether oxygens (including phenoxy) is 2. The van der Waals surface area contributed by atoms with E-state index < -0.39 is 6.29 Å². The lowest BCUT2D eigenvalue weighted by atomic mass is 9.99. The van der Waals surface area contributed by atoms with Gasteiger partial charge in [-0.1, -0.05) is 85.3 Å². The van der Waals surface area contributed by atoms with Crippen LogP contribution in [0, 0.1) is 5.21 Å². The van der Waals surface area contributed by atoms with Gasteiger partial charge in [-0.3, -0.25) is 14.8 Å². The summed E-state index contributed by atoms with van der Waals surface area (Å²) in [5.41, 5.74) is 7.31. The van der Waals surface area contributed by atoms with Crippen molar-refractivity contribution in [3.8, 4) is 11.1 Å². The molecule has 1 fully saturated rings. The number of hydrogen-bond donors (Lipinski definition) is 4. The van der Waals surface area contributed by atoms with Gasteiger partial charge in [0.2, 0.25) is 11.8 Å². The number of benzene rings is 3. The quantitative estimate of drug-likeness (QED) is 0.0270. The molecule has 2 amide bonds. The first-order chi connectivity index (χ1) is 23.9. The largest absolute Gasteiger partial charge is 0.618 e. The molecule has 2 heterocycles. The lowest BCUT2D eigenvalue weighted by molar-refractivity contribution is -0.645. The Labute approximate surface area is 291 Å². The van der Waals surface area contributed by atoms with Crippen LogP contribution in [-0.4, -0.2) is 34.0 Å². The molecule has 1 aromatic heterocycles. The highest BCUT2D eigenvalue weighted by Crippen LogP contribution is 2.40. The number of unbranched alkanes of at least 4 members (excludes halogenated alkanes) is 3. The van der Waals surface area contributed by atoms with Crippen LogP contribution in [0.3, 0.4) is 0 Å². The number of carbonyl (C=O) groups is 2. The second-order valence-electron chi connectivity index (χ2n) is 12.1. The molecule has 49 heavy (non-hydrogen) atoms. The van der Waals surface area contributed by atoms with Crippen molar-refractivity contribution in [2.24, 2.45) is 0 Å². The lowest BCUT2D eigenvalue weighted by Crippen LogP contribution is -2.32. The molecule has 0 unspecified atom stereocenters. The van der Waals surface area contributed by atoms with Gasteiger partial charge >= 0.3 is 0 Å². The molecule has 0 saturated carbocycles. The van der Waals surface area contributed by atoms with E-state index in [2.05, 4.69) is 17.4 Å². The van der Waals surface area contributed by atoms with Crippen molar-refractivity contribution in [2.45, 2.75) is 81.6 Å². The minimum absolute atomic E-state index is 0.0160. The van der Waals surface area contributed by atoms with E-state index in [4.69, 9.17) is 14.7 Å². The van der Waals surface area contributed by atoms with Crippen molar-refractivity contribution in [3.63, 3.8) is 0 Å².